The van der Waals surface area contributed by atoms with Crippen LogP contribution in [-0.4, -0.2) is 35.2 Å². The molecule has 4 aromatic rings. The lowest BCUT2D eigenvalue weighted by Crippen LogP contribution is -2.24. The molecule has 0 aliphatic heterocycles. The predicted molar refractivity (Wildman–Crippen MR) is 106 cm³/mol. The summed E-state index contributed by atoms with van der Waals surface area (Å²) in [5.41, 5.74) is 7.31. The zero-order valence-corrected chi connectivity index (χ0v) is 15.8. The fourth-order valence-electron chi connectivity index (χ4n) is 2.92. The number of aromatic amines is 1. The van der Waals surface area contributed by atoms with Crippen molar-refractivity contribution in [3.05, 3.63) is 50.7 Å². The second kappa shape index (κ2) is 6.63. The first-order valence-electron chi connectivity index (χ1n) is 7.97. The molecule has 0 unspecified atom stereocenters. The summed E-state index contributed by atoms with van der Waals surface area (Å²) < 4.78 is 3.99. The highest BCUT2D eigenvalue weighted by atomic mass is 35.5. The molecule has 138 valence electrons. The lowest BCUT2D eigenvalue weighted by molar-refractivity contribution is 0.631. The van der Waals surface area contributed by atoms with E-state index in [2.05, 4.69) is 20.3 Å². The van der Waals surface area contributed by atoms with Crippen molar-refractivity contribution in [2.75, 3.05) is 0 Å². The SMILES string of the molecule is Cn1c2nc(CC(=N)/C=C\N)sc2c2cnn(Cc3[nH]ncc3Cl)c(=O)c21. The molecule has 11 heteroatoms. The smallest absolute Gasteiger partial charge is 0.291 e. The number of rotatable bonds is 5. The zero-order valence-electron chi connectivity index (χ0n) is 14.2. The van der Waals surface area contributed by atoms with E-state index in [-0.39, 0.29) is 12.1 Å². The Bertz CT molecular complexity index is 1260. The van der Waals surface area contributed by atoms with Crippen molar-refractivity contribution in [2.45, 2.75) is 13.0 Å². The van der Waals surface area contributed by atoms with Gasteiger partial charge in [0.05, 0.1) is 34.4 Å². The van der Waals surface area contributed by atoms with E-state index in [1.807, 2.05) is 0 Å². The molecule has 0 saturated carbocycles. The molecule has 27 heavy (non-hydrogen) atoms. The number of H-pyrrole nitrogens is 1. The fourth-order valence-corrected chi connectivity index (χ4v) is 4.20. The molecule has 4 N–H and O–H groups in total. The Hall–Kier alpha value is -2.98. The van der Waals surface area contributed by atoms with E-state index in [0.717, 1.165) is 15.1 Å². The van der Waals surface area contributed by atoms with Crippen molar-refractivity contribution in [1.29, 1.82) is 5.41 Å². The van der Waals surface area contributed by atoms with E-state index in [1.165, 1.54) is 34.5 Å². The van der Waals surface area contributed by atoms with Crippen LogP contribution in [0.4, 0.5) is 0 Å². The molecule has 4 aromatic heterocycles. The number of nitrogens with zero attached hydrogens (tertiary/aromatic N) is 5. The fraction of sp³-hybridized carbons (Fsp3) is 0.188. The minimum Gasteiger partial charge on any atom is -0.405 e. The Kier molecular flexibility index (Phi) is 4.28. The number of nitrogens with one attached hydrogen (secondary N) is 2. The molecule has 4 rings (SSSR count). The molecule has 0 aromatic carbocycles. The van der Waals surface area contributed by atoms with Gasteiger partial charge < -0.3 is 15.7 Å². The highest BCUT2D eigenvalue weighted by molar-refractivity contribution is 7.19. The highest BCUT2D eigenvalue weighted by Crippen LogP contribution is 2.31. The summed E-state index contributed by atoms with van der Waals surface area (Å²) >= 11 is 7.49. The minimum absolute atomic E-state index is 0.202. The third-order valence-corrected chi connectivity index (χ3v) is 5.59. The topological polar surface area (TPSA) is 131 Å². The maximum atomic E-state index is 12.9. The second-order valence-electron chi connectivity index (χ2n) is 5.95. The van der Waals surface area contributed by atoms with Crippen LogP contribution in [0.2, 0.25) is 5.02 Å². The lowest BCUT2D eigenvalue weighted by atomic mass is 10.3. The summed E-state index contributed by atoms with van der Waals surface area (Å²) in [6.07, 6.45) is 6.41. The van der Waals surface area contributed by atoms with Gasteiger partial charge in [-0.25, -0.2) is 9.67 Å². The molecule has 9 nitrogen and oxygen atoms in total. The van der Waals surface area contributed by atoms with Crippen molar-refractivity contribution in [1.82, 2.24) is 29.5 Å². The van der Waals surface area contributed by atoms with Crippen LogP contribution in [0.25, 0.3) is 21.3 Å². The van der Waals surface area contributed by atoms with Gasteiger partial charge in [0, 0.05) is 24.6 Å². The van der Waals surface area contributed by atoms with Gasteiger partial charge in [-0.3, -0.25) is 9.89 Å². The summed E-state index contributed by atoms with van der Waals surface area (Å²) in [7, 11) is 1.80. The Morgan fingerprint density at radius 2 is 2.30 bits per heavy atom. The molecular formula is C16H15ClN8OS. The Balaban J connectivity index is 1.79. The van der Waals surface area contributed by atoms with Crippen molar-refractivity contribution in [3.63, 3.8) is 0 Å². The maximum absolute atomic E-state index is 12.9. The van der Waals surface area contributed by atoms with E-state index < -0.39 is 0 Å². The molecular weight excluding hydrogens is 388 g/mol. The third-order valence-electron chi connectivity index (χ3n) is 4.18. The van der Waals surface area contributed by atoms with Crippen LogP contribution < -0.4 is 11.3 Å². The normalized spacial score (nSPS) is 11.9. The second-order valence-corrected chi connectivity index (χ2v) is 7.44. The molecule has 0 aliphatic carbocycles. The average Bonchev–Trinajstić information content (AvgIpc) is 3.28. The highest BCUT2D eigenvalue weighted by Gasteiger charge is 2.19. The van der Waals surface area contributed by atoms with Gasteiger partial charge in [0.15, 0.2) is 5.65 Å². The predicted octanol–water partition coefficient (Wildman–Crippen LogP) is 1.80. The molecule has 0 saturated heterocycles. The first-order chi connectivity index (χ1) is 13.0. The quantitative estimate of drug-likeness (QED) is 0.438. The molecule has 0 atom stereocenters. The standard InChI is InChI=1S/C16H15ClN8OS/c1-24-13-9(14-15(24)22-12(27-14)4-8(19)2-3-18)5-21-25(16(13)26)7-11-10(17)6-20-23-11/h2-3,5-6,19H,4,7,18H2,1H3,(H,20,23)/b3-2-,19-8?. The number of allylic oxidation sites excluding steroid dienone is 1. The van der Waals surface area contributed by atoms with Crippen molar-refractivity contribution in [3.8, 4) is 0 Å². The summed E-state index contributed by atoms with van der Waals surface area (Å²) in [6, 6.07) is 0. The van der Waals surface area contributed by atoms with Gasteiger partial charge in [-0.15, -0.1) is 11.3 Å². The molecule has 0 fully saturated rings. The van der Waals surface area contributed by atoms with Crippen LogP contribution >= 0.6 is 22.9 Å². The van der Waals surface area contributed by atoms with Gasteiger partial charge in [-0.05, 0) is 12.3 Å². The van der Waals surface area contributed by atoms with Crippen LogP contribution in [0.1, 0.15) is 10.7 Å². The van der Waals surface area contributed by atoms with Gasteiger partial charge in [-0.2, -0.15) is 10.2 Å². The first kappa shape index (κ1) is 17.4. The number of aromatic nitrogens is 6. The molecule has 4 heterocycles. The van der Waals surface area contributed by atoms with E-state index >= 15 is 0 Å². The lowest BCUT2D eigenvalue weighted by Gasteiger charge is -2.04. The number of nitrogens with two attached hydrogens (primary N) is 1. The van der Waals surface area contributed by atoms with Gasteiger partial charge in [0.25, 0.3) is 5.56 Å². The summed E-state index contributed by atoms with van der Waals surface area (Å²) in [5.74, 6) is 0. The Labute approximate surface area is 161 Å². The number of hydrogen-bond donors (Lipinski definition) is 3. The molecule has 0 radical (unpaired) electrons. The van der Waals surface area contributed by atoms with Crippen LogP contribution in [-0.2, 0) is 20.0 Å². The summed E-state index contributed by atoms with van der Waals surface area (Å²) in [6.45, 7) is 0.202. The molecule has 0 amide bonds. The maximum Gasteiger partial charge on any atom is 0.291 e. The van der Waals surface area contributed by atoms with E-state index in [1.54, 1.807) is 17.8 Å². The van der Waals surface area contributed by atoms with E-state index in [9.17, 15) is 4.79 Å². The average molecular weight is 403 g/mol. The monoisotopic (exact) mass is 402 g/mol. The summed E-state index contributed by atoms with van der Waals surface area (Å²) in [4.78, 5) is 17.5. The van der Waals surface area contributed by atoms with Crippen LogP contribution in [0, 0.1) is 5.41 Å². The zero-order chi connectivity index (χ0) is 19.1. The van der Waals surface area contributed by atoms with Gasteiger partial charge in [0.1, 0.15) is 10.5 Å². The van der Waals surface area contributed by atoms with Crippen molar-refractivity contribution in [2.24, 2.45) is 12.8 Å². The largest absolute Gasteiger partial charge is 0.405 e. The van der Waals surface area contributed by atoms with Gasteiger partial charge >= 0.3 is 0 Å². The molecule has 0 bridgehead atoms. The van der Waals surface area contributed by atoms with Crippen molar-refractivity contribution >= 4 is 49.9 Å². The van der Waals surface area contributed by atoms with Crippen LogP contribution in [0.5, 0.6) is 0 Å². The van der Waals surface area contributed by atoms with E-state index in [0.29, 0.717) is 34.0 Å². The van der Waals surface area contributed by atoms with E-state index in [4.69, 9.17) is 22.7 Å². The van der Waals surface area contributed by atoms with Gasteiger partial charge in [0.2, 0.25) is 0 Å². The number of hydrogen-bond acceptors (Lipinski definition) is 7. The first-order valence-corrected chi connectivity index (χ1v) is 9.16. The molecule has 0 aliphatic rings. The number of fused-ring (bicyclic) bond motifs is 3. The van der Waals surface area contributed by atoms with Crippen LogP contribution in [0.3, 0.4) is 0 Å². The number of aryl methyl sites for hydroxylation is 1. The summed E-state index contributed by atoms with van der Waals surface area (Å²) in [5, 5.41) is 20.7. The minimum atomic E-state index is -0.230. The Morgan fingerprint density at radius 3 is 3.00 bits per heavy atom. The number of halogens is 1. The van der Waals surface area contributed by atoms with Gasteiger partial charge in [-0.1, -0.05) is 11.6 Å². The van der Waals surface area contributed by atoms with Crippen molar-refractivity contribution < 1.29 is 0 Å². The Morgan fingerprint density at radius 1 is 1.48 bits per heavy atom. The molecule has 0 spiro atoms. The number of thiazole rings is 1. The van der Waals surface area contributed by atoms with Crippen LogP contribution in [0.15, 0.2) is 29.5 Å². The third kappa shape index (κ3) is 2.92.